The molecule has 106 valence electrons. The van der Waals surface area contributed by atoms with Gasteiger partial charge in [-0.3, -0.25) is 4.79 Å². The van der Waals surface area contributed by atoms with Crippen LogP contribution in [-0.4, -0.2) is 13.0 Å². The number of hydrogen-bond acceptors (Lipinski definition) is 3. The number of rotatable bonds is 3. The van der Waals surface area contributed by atoms with E-state index in [9.17, 15) is 18.0 Å². The molecule has 0 fully saturated rings. The van der Waals surface area contributed by atoms with Crippen LogP contribution in [0.3, 0.4) is 0 Å². The zero-order chi connectivity index (χ0) is 15.3. The lowest BCUT2D eigenvalue weighted by Crippen LogP contribution is -2.15. The van der Waals surface area contributed by atoms with Crippen LogP contribution >= 0.6 is 0 Å². The summed E-state index contributed by atoms with van der Waals surface area (Å²) < 4.78 is 41.9. The molecule has 0 saturated heterocycles. The highest BCUT2D eigenvalue weighted by atomic mass is 19.4. The Balaban J connectivity index is 2.90. The Morgan fingerprint density at radius 1 is 1.30 bits per heavy atom. The van der Waals surface area contributed by atoms with E-state index >= 15 is 0 Å². The molecule has 0 bridgehead atoms. The van der Waals surface area contributed by atoms with Gasteiger partial charge in [0.05, 0.1) is 12.7 Å². The summed E-state index contributed by atoms with van der Waals surface area (Å²) >= 11 is 0. The summed E-state index contributed by atoms with van der Waals surface area (Å²) in [7, 11) is 1.30. The Kier molecular flexibility index (Phi) is 4.75. The van der Waals surface area contributed by atoms with Crippen LogP contribution in [0.5, 0.6) is 0 Å². The number of ether oxygens (including phenoxy) is 1. The highest BCUT2D eigenvalue weighted by Gasteiger charge is 2.30. The van der Waals surface area contributed by atoms with Gasteiger partial charge in [-0.25, -0.2) is 0 Å². The molecule has 1 rings (SSSR count). The maximum absolute atomic E-state index is 12.4. The van der Waals surface area contributed by atoms with Crippen molar-refractivity contribution in [2.75, 3.05) is 12.4 Å². The number of amides is 1. The monoisotopic (exact) mass is 284 g/mol. The Bertz CT molecular complexity index is 569. The maximum atomic E-state index is 12.4. The molecular formula is C13H11F3N2O2. The second-order valence-corrected chi connectivity index (χ2v) is 3.78. The number of alkyl halides is 3. The fourth-order valence-corrected chi connectivity index (χ4v) is 1.33. The number of carbonyl (C=O) groups is 1. The molecule has 1 aromatic carbocycles. The fourth-order valence-electron chi connectivity index (χ4n) is 1.33. The van der Waals surface area contributed by atoms with Gasteiger partial charge in [0.1, 0.15) is 11.8 Å². The lowest BCUT2D eigenvalue weighted by Gasteiger charge is -2.09. The van der Waals surface area contributed by atoms with Crippen LogP contribution in [-0.2, 0) is 15.7 Å². The number of halogens is 3. The van der Waals surface area contributed by atoms with Gasteiger partial charge in [0.15, 0.2) is 5.57 Å². The van der Waals surface area contributed by atoms with Gasteiger partial charge in [-0.1, -0.05) is 0 Å². The van der Waals surface area contributed by atoms with Crippen molar-refractivity contribution in [3.63, 3.8) is 0 Å². The van der Waals surface area contributed by atoms with E-state index in [0.29, 0.717) is 0 Å². The molecule has 0 atom stereocenters. The van der Waals surface area contributed by atoms with Gasteiger partial charge in [0.2, 0.25) is 0 Å². The summed E-state index contributed by atoms with van der Waals surface area (Å²) in [4.78, 5) is 11.7. The number of benzene rings is 1. The van der Waals surface area contributed by atoms with Gasteiger partial charge in [0, 0.05) is 5.69 Å². The number of nitriles is 1. The molecule has 1 aromatic rings. The molecule has 0 heterocycles. The number of allylic oxidation sites excluding steroid dienone is 1. The largest absolute Gasteiger partial charge is 0.500 e. The smallest absolute Gasteiger partial charge is 0.416 e. The van der Waals surface area contributed by atoms with Gasteiger partial charge in [-0.05, 0) is 31.2 Å². The molecule has 0 aliphatic rings. The molecule has 0 radical (unpaired) electrons. The van der Waals surface area contributed by atoms with Crippen LogP contribution in [0.25, 0.3) is 0 Å². The highest BCUT2D eigenvalue weighted by Crippen LogP contribution is 2.29. The van der Waals surface area contributed by atoms with Gasteiger partial charge >= 0.3 is 6.18 Å². The van der Waals surface area contributed by atoms with Crippen LogP contribution in [0.1, 0.15) is 12.5 Å². The molecule has 7 heteroatoms. The molecule has 1 N–H and O–H groups in total. The third-order valence-electron chi connectivity index (χ3n) is 2.47. The third-order valence-corrected chi connectivity index (χ3v) is 2.47. The summed E-state index contributed by atoms with van der Waals surface area (Å²) in [5.41, 5.74) is -0.910. The first-order valence-electron chi connectivity index (χ1n) is 5.43. The van der Waals surface area contributed by atoms with Gasteiger partial charge in [-0.2, -0.15) is 18.4 Å². The second-order valence-electron chi connectivity index (χ2n) is 3.78. The van der Waals surface area contributed by atoms with Gasteiger partial charge in [0.25, 0.3) is 5.91 Å². The normalized spacial score (nSPS) is 12.2. The van der Waals surface area contributed by atoms with Crippen molar-refractivity contribution in [1.82, 2.24) is 0 Å². The Morgan fingerprint density at radius 2 is 1.85 bits per heavy atom. The van der Waals surface area contributed by atoms with E-state index in [1.54, 1.807) is 6.07 Å². The first-order chi connectivity index (χ1) is 9.29. The second kappa shape index (κ2) is 6.10. The van der Waals surface area contributed by atoms with Crippen LogP contribution in [0.4, 0.5) is 18.9 Å². The van der Waals surface area contributed by atoms with E-state index in [-0.39, 0.29) is 17.0 Å². The number of methoxy groups -OCH3 is 1. The van der Waals surface area contributed by atoms with Crippen LogP contribution in [0.2, 0.25) is 0 Å². The summed E-state index contributed by atoms with van der Waals surface area (Å²) in [6.07, 6.45) is -4.44. The highest BCUT2D eigenvalue weighted by molar-refractivity contribution is 6.06. The van der Waals surface area contributed by atoms with Crippen molar-refractivity contribution in [1.29, 1.82) is 5.26 Å². The number of nitrogens with one attached hydrogen (secondary N) is 1. The first-order valence-corrected chi connectivity index (χ1v) is 5.43. The number of anilines is 1. The van der Waals surface area contributed by atoms with E-state index in [1.165, 1.54) is 14.0 Å². The van der Waals surface area contributed by atoms with Crippen LogP contribution in [0, 0.1) is 11.3 Å². The molecule has 0 aromatic heterocycles. The Hall–Kier alpha value is -2.49. The number of carbonyl (C=O) groups excluding carboxylic acids is 1. The summed E-state index contributed by atoms with van der Waals surface area (Å²) in [5.74, 6) is -0.622. The zero-order valence-electron chi connectivity index (χ0n) is 10.7. The van der Waals surface area contributed by atoms with Crippen molar-refractivity contribution in [2.45, 2.75) is 13.1 Å². The minimum Gasteiger partial charge on any atom is -0.500 e. The molecule has 0 aliphatic heterocycles. The minimum atomic E-state index is -4.44. The predicted octanol–water partition coefficient (Wildman–Crippen LogP) is 3.09. The summed E-state index contributed by atoms with van der Waals surface area (Å²) in [6.45, 7) is 1.44. The van der Waals surface area contributed by atoms with Crippen molar-refractivity contribution in [3.05, 3.63) is 41.2 Å². The zero-order valence-corrected chi connectivity index (χ0v) is 10.7. The van der Waals surface area contributed by atoms with Crippen LogP contribution in [0.15, 0.2) is 35.6 Å². The lowest BCUT2D eigenvalue weighted by molar-refractivity contribution is -0.137. The van der Waals surface area contributed by atoms with E-state index < -0.39 is 17.6 Å². The fraction of sp³-hybridized carbons (Fsp3) is 0.231. The van der Waals surface area contributed by atoms with Crippen molar-refractivity contribution < 1.29 is 22.7 Å². The molecule has 0 aliphatic carbocycles. The van der Waals surface area contributed by atoms with Gasteiger partial charge < -0.3 is 10.1 Å². The van der Waals surface area contributed by atoms with Crippen molar-refractivity contribution >= 4 is 11.6 Å². The first kappa shape index (κ1) is 15.6. The average molecular weight is 284 g/mol. The number of nitrogens with zero attached hydrogens (tertiary/aromatic N) is 1. The topological polar surface area (TPSA) is 62.1 Å². The van der Waals surface area contributed by atoms with Gasteiger partial charge in [-0.15, -0.1) is 0 Å². The minimum absolute atomic E-state index is 0.122. The molecule has 0 spiro atoms. The standard InChI is InChI=1S/C13H11F3N2O2/c1-8(20-2)11(7-17)12(19)18-10-5-3-9(4-6-10)13(14,15)16/h3-6H,1-2H3,(H,18,19). The number of hydrogen-bond donors (Lipinski definition) is 1. The average Bonchev–Trinajstić information content (AvgIpc) is 2.38. The molecule has 1 amide bonds. The molecule has 20 heavy (non-hydrogen) atoms. The van der Waals surface area contributed by atoms with Crippen molar-refractivity contribution in [2.24, 2.45) is 0 Å². The summed E-state index contributed by atoms with van der Waals surface area (Å²) in [6, 6.07) is 5.57. The molecule has 0 saturated carbocycles. The van der Waals surface area contributed by atoms with Crippen molar-refractivity contribution in [3.8, 4) is 6.07 Å². The van der Waals surface area contributed by atoms with E-state index in [4.69, 9.17) is 10.00 Å². The Labute approximate surface area is 113 Å². The Morgan fingerprint density at radius 3 is 2.25 bits per heavy atom. The SMILES string of the molecule is COC(C)=C(C#N)C(=O)Nc1ccc(C(F)(F)F)cc1. The van der Waals surface area contributed by atoms with Crippen LogP contribution < -0.4 is 5.32 Å². The van der Waals surface area contributed by atoms with E-state index in [0.717, 1.165) is 24.3 Å². The summed E-state index contributed by atoms with van der Waals surface area (Å²) in [5, 5.41) is 11.1. The molecule has 4 nitrogen and oxygen atoms in total. The predicted molar refractivity (Wildman–Crippen MR) is 65.4 cm³/mol. The van der Waals surface area contributed by atoms with E-state index in [1.807, 2.05) is 0 Å². The molecular weight excluding hydrogens is 273 g/mol. The molecule has 0 unspecified atom stereocenters. The third kappa shape index (κ3) is 3.75. The van der Waals surface area contributed by atoms with E-state index in [2.05, 4.69) is 5.32 Å². The lowest BCUT2D eigenvalue weighted by atomic mass is 10.2. The quantitative estimate of drug-likeness (QED) is 0.527. The maximum Gasteiger partial charge on any atom is 0.416 e.